The summed E-state index contributed by atoms with van der Waals surface area (Å²) < 4.78 is 0. The first-order valence-corrected chi connectivity index (χ1v) is 17.1. The Morgan fingerprint density at radius 2 is 1.42 bits per heavy atom. The highest BCUT2D eigenvalue weighted by atomic mass is 16.3. The number of aromatic nitrogens is 2. The van der Waals surface area contributed by atoms with Crippen LogP contribution in [-0.4, -0.2) is 62.8 Å². The molecule has 1 aliphatic rings. The van der Waals surface area contributed by atoms with Gasteiger partial charge in [-0.05, 0) is 64.2 Å². The molecule has 0 bridgehead atoms. The minimum Gasteiger partial charge on any atom is -0.391 e. The maximum atomic E-state index is 13.1. The van der Waals surface area contributed by atoms with Gasteiger partial charge in [0.1, 0.15) is 17.8 Å². The molecule has 4 unspecified atom stereocenters. The highest BCUT2D eigenvalue weighted by Gasteiger charge is 2.30. The summed E-state index contributed by atoms with van der Waals surface area (Å²) in [5.41, 5.74) is -0.448. The van der Waals surface area contributed by atoms with Crippen LogP contribution in [0.4, 0.5) is 17.5 Å². The minimum absolute atomic E-state index is 0.0615. The van der Waals surface area contributed by atoms with E-state index >= 15 is 0 Å². The van der Waals surface area contributed by atoms with Gasteiger partial charge in [0.15, 0.2) is 5.82 Å². The number of hydrogen-bond donors (Lipinski definition) is 7. The largest absolute Gasteiger partial charge is 0.391 e. The Morgan fingerprint density at radius 1 is 0.875 bits per heavy atom. The summed E-state index contributed by atoms with van der Waals surface area (Å²) in [6.07, 6.45) is 30.4. The summed E-state index contributed by atoms with van der Waals surface area (Å²) >= 11 is 0. The van der Waals surface area contributed by atoms with Gasteiger partial charge in [0.25, 0.3) is 5.56 Å². The van der Waals surface area contributed by atoms with Gasteiger partial charge in [0, 0.05) is 13.0 Å². The number of aliphatic hydroxyl groups is 2. The summed E-state index contributed by atoms with van der Waals surface area (Å²) in [5, 5.41) is 31.1. The van der Waals surface area contributed by atoms with E-state index in [1.165, 1.54) is 6.92 Å². The molecule has 11 heteroatoms. The maximum absolute atomic E-state index is 13.1. The fraction of sp³-hybridized carbons (Fsp3) is 0.514. The first-order valence-electron chi connectivity index (χ1n) is 17.1. The first kappa shape index (κ1) is 40.0. The van der Waals surface area contributed by atoms with Crippen LogP contribution < -0.4 is 26.8 Å². The Labute approximate surface area is 285 Å². The minimum atomic E-state index is -1.09. The van der Waals surface area contributed by atoms with E-state index in [-0.39, 0.29) is 42.2 Å². The predicted octanol–water partition coefficient (Wildman–Crippen LogP) is 5.66. The Morgan fingerprint density at radius 3 is 1.94 bits per heavy atom. The third-order valence-electron chi connectivity index (χ3n) is 7.38. The van der Waals surface area contributed by atoms with Gasteiger partial charge in [-0.15, -0.1) is 0 Å². The standard InChI is InChI=1S/C37H56N6O5/c1-5-6-7-8-9-10-11-12-13-14-15-16-17-18-19-20-21-22-23-24-31(45)39-29(25-27(2)3)35(47)42-37-41-34-32(36(48)43-37)40-30(26-38-34)33(46)28(4)44/h6-7,9-10,12-13,15-16,18-19,21-22,27-30,33,40,44,46H,5,8,11,14,17,20,23-26H2,1-4H3,(H,39,45)(H3,38,41,42,43,47,48). The third-order valence-corrected chi connectivity index (χ3v) is 7.38. The number of carbonyl (C=O) groups is 2. The van der Waals surface area contributed by atoms with Crippen LogP contribution in [0.2, 0.25) is 0 Å². The lowest BCUT2D eigenvalue weighted by Gasteiger charge is -2.31. The van der Waals surface area contributed by atoms with E-state index in [4.69, 9.17) is 0 Å². The molecule has 0 saturated carbocycles. The van der Waals surface area contributed by atoms with Gasteiger partial charge in [-0.25, -0.2) is 0 Å². The van der Waals surface area contributed by atoms with E-state index in [9.17, 15) is 24.6 Å². The van der Waals surface area contributed by atoms with Crippen molar-refractivity contribution in [1.82, 2.24) is 15.3 Å². The number of aliphatic hydroxyl groups excluding tert-OH is 2. The quantitative estimate of drug-likeness (QED) is 0.0826. The van der Waals surface area contributed by atoms with Gasteiger partial charge in [-0.3, -0.25) is 24.7 Å². The van der Waals surface area contributed by atoms with Crippen molar-refractivity contribution in [2.24, 2.45) is 5.92 Å². The van der Waals surface area contributed by atoms with Crippen LogP contribution in [0.1, 0.15) is 85.5 Å². The van der Waals surface area contributed by atoms with Crippen molar-refractivity contribution in [1.29, 1.82) is 0 Å². The number of hydrogen-bond acceptors (Lipinski definition) is 8. The molecule has 1 aromatic heterocycles. The molecule has 1 aliphatic heterocycles. The van der Waals surface area contributed by atoms with Gasteiger partial charge >= 0.3 is 0 Å². The smallest absolute Gasteiger partial charge is 0.277 e. The zero-order valence-corrected chi connectivity index (χ0v) is 29.0. The number of aromatic amines is 1. The van der Waals surface area contributed by atoms with Crippen LogP contribution in [0.3, 0.4) is 0 Å². The highest BCUT2D eigenvalue weighted by Crippen LogP contribution is 2.22. The molecular weight excluding hydrogens is 608 g/mol. The van der Waals surface area contributed by atoms with Gasteiger partial charge in [0.2, 0.25) is 17.8 Å². The number of nitrogens with zero attached hydrogens (tertiary/aromatic N) is 1. The van der Waals surface area contributed by atoms with Crippen LogP contribution in [-0.2, 0) is 9.59 Å². The van der Waals surface area contributed by atoms with Crippen molar-refractivity contribution >= 4 is 29.3 Å². The molecule has 0 saturated heterocycles. The van der Waals surface area contributed by atoms with E-state index in [0.29, 0.717) is 12.8 Å². The molecule has 4 atom stereocenters. The lowest BCUT2D eigenvalue weighted by atomic mass is 10.0. The van der Waals surface area contributed by atoms with Gasteiger partial charge in [-0.1, -0.05) is 93.7 Å². The second kappa shape index (κ2) is 23.2. The normalized spacial score (nSPS) is 17.0. The highest BCUT2D eigenvalue weighted by molar-refractivity contribution is 5.96. The fourth-order valence-corrected chi connectivity index (χ4v) is 4.81. The van der Waals surface area contributed by atoms with E-state index < -0.39 is 35.8 Å². The second-order valence-electron chi connectivity index (χ2n) is 12.2. The fourth-order valence-electron chi connectivity index (χ4n) is 4.81. The van der Waals surface area contributed by atoms with Crippen LogP contribution in [0.25, 0.3) is 0 Å². The van der Waals surface area contributed by atoms with Crippen molar-refractivity contribution in [3.63, 3.8) is 0 Å². The van der Waals surface area contributed by atoms with Crippen molar-refractivity contribution in [2.45, 2.75) is 110 Å². The number of amides is 2. The van der Waals surface area contributed by atoms with Gasteiger partial charge < -0.3 is 26.2 Å². The van der Waals surface area contributed by atoms with Crippen LogP contribution in [0.5, 0.6) is 0 Å². The molecule has 0 radical (unpaired) electrons. The topological polar surface area (TPSA) is 168 Å². The predicted molar refractivity (Wildman–Crippen MR) is 196 cm³/mol. The lowest BCUT2D eigenvalue weighted by Crippen LogP contribution is -2.49. The van der Waals surface area contributed by atoms with Crippen molar-refractivity contribution in [3.8, 4) is 0 Å². The molecule has 48 heavy (non-hydrogen) atoms. The van der Waals surface area contributed by atoms with E-state index in [0.717, 1.165) is 38.5 Å². The van der Waals surface area contributed by atoms with Crippen LogP contribution >= 0.6 is 0 Å². The van der Waals surface area contributed by atoms with Gasteiger partial charge in [0.05, 0.1) is 12.1 Å². The molecule has 0 fully saturated rings. The first-order chi connectivity index (χ1) is 23.1. The molecule has 0 spiro atoms. The molecular formula is C37H56N6O5. The number of anilines is 3. The zero-order chi connectivity index (χ0) is 35.1. The molecule has 0 aromatic carbocycles. The number of fused-ring (bicyclic) bond motifs is 1. The molecule has 264 valence electrons. The SMILES string of the molecule is CCC=CCC=CCC=CCC=CCC=CCC=CCCC(=O)NC(CC(C)C)C(=O)Nc1nc2c(c(=O)[nH]1)NC(C(O)C(C)O)CN2. The second-order valence-corrected chi connectivity index (χ2v) is 12.2. The van der Waals surface area contributed by atoms with Crippen LogP contribution in [0.15, 0.2) is 77.7 Å². The maximum Gasteiger partial charge on any atom is 0.277 e. The molecule has 0 aliphatic carbocycles. The summed E-state index contributed by atoms with van der Waals surface area (Å²) in [5.74, 6) is -0.448. The molecule has 11 nitrogen and oxygen atoms in total. The van der Waals surface area contributed by atoms with Crippen LogP contribution in [0, 0.1) is 5.92 Å². The number of rotatable bonds is 21. The Bertz CT molecular complexity index is 1360. The molecule has 2 amide bonds. The zero-order valence-electron chi connectivity index (χ0n) is 29.0. The van der Waals surface area contributed by atoms with E-state index in [2.05, 4.69) is 98.9 Å². The summed E-state index contributed by atoms with van der Waals surface area (Å²) in [6.45, 7) is 7.72. The monoisotopic (exact) mass is 664 g/mol. The van der Waals surface area contributed by atoms with E-state index in [1.54, 1.807) is 0 Å². The molecule has 7 N–H and O–H groups in total. The van der Waals surface area contributed by atoms with E-state index in [1.807, 2.05) is 26.0 Å². The van der Waals surface area contributed by atoms with Crippen molar-refractivity contribution < 1.29 is 19.8 Å². The number of allylic oxidation sites excluding steroid dienone is 12. The molecule has 2 rings (SSSR count). The number of H-pyrrole nitrogens is 1. The average molecular weight is 665 g/mol. The lowest BCUT2D eigenvalue weighted by molar-refractivity contribution is -0.126. The summed E-state index contributed by atoms with van der Waals surface area (Å²) in [7, 11) is 0. The molecule has 2 heterocycles. The Hall–Kier alpha value is -4.22. The summed E-state index contributed by atoms with van der Waals surface area (Å²) in [6, 6.07) is -1.40. The number of nitrogens with one attached hydrogen (secondary N) is 5. The average Bonchev–Trinajstić information content (AvgIpc) is 3.04. The Balaban J connectivity index is 1.73. The van der Waals surface area contributed by atoms with Gasteiger partial charge in [-0.2, -0.15) is 4.98 Å². The van der Waals surface area contributed by atoms with Crippen molar-refractivity contribution in [3.05, 3.63) is 83.3 Å². The third kappa shape index (κ3) is 16.1. The number of carbonyl (C=O) groups excluding carboxylic acids is 2. The Kier molecular flexibility index (Phi) is 19.3. The van der Waals surface area contributed by atoms with Crippen molar-refractivity contribution in [2.75, 3.05) is 22.5 Å². The summed E-state index contributed by atoms with van der Waals surface area (Å²) in [4.78, 5) is 45.3. The molecule has 1 aromatic rings.